The number of phenolic OH excluding ortho intramolecular Hbond substituents is 1. The molecule has 4 N–H and O–H groups in total. The molecule has 2 atom stereocenters. The zero-order valence-electron chi connectivity index (χ0n) is 8.58. The molecule has 0 fully saturated rings. The lowest BCUT2D eigenvalue weighted by molar-refractivity contribution is -0.153. The molecule has 0 amide bonds. The van der Waals surface area contributed by atoms with Gasteiger partial charge in [-0.05, 0) is 17.7 Å². The van der Waals surface area contributed by atoms with Gasteiger partial charge < -0.3 is 15.9 Å². The van der Waals surface area contributed by atoms with Gasteiger partial charge in [0.1, 0.15) is 6.04 Å². The lowest BCUT2D eigenvalue weighted by Crippen LogP contribution is -2.38. The van der Waals surface area contributed by atoms with E-state index in [0.29, 0.717) is 0 Å². The molecule has 0 aromatic heterocycles. The van der Waals surface area contributed by atoms with E-state index in [2.05, 4.69) is 0 Å². The third-order valence-corrected chi connectivity index (χ3v) is 2.25. The molecular weight excluding hydrogens is 242 g/mol. The maximum atomic E-state index is 12.9. The lowest BCUT2D eigenvalue weighted by Gasteiger charge is -2.19. The van der Waals surface area contributed by atoms with E-state index in [4.69, 9.17) is 10.8 Å². The monoisotopic (exact) mass is 253 g/mol. The quantitative estimate of drug-likeness (QED) is 0.720. The third kappa shape index (κ3) is 3.57. The Morgan fingerprint density at radius 1 is 1.29 bits per heavy atom. The predicted octanol–water partition coefficient (Wildman–Crippen LogP) is 1.84. The average molecular weight is 253 g/mol. The number of hydrogen-bond acceptors (Lipinski definition) is 3. The summed E-state index contributed by atoms with van der Waals surface area (Å²) in [7, 11) is 0. The fourth-order valence-corrected chi connectivity index (χ4v) is 1.24. The highest BCUT2D eigenvalue weighted by Crippen LogP contribution is 2.28. The molecule has 0 saturated heterocycles. The van der Waals surface area contributed by atoms with Crippen LogP contribution in [-0.2, 0) is 0 Å². The molecule has 17 heavy (non-hydrogen) atoms. The SMILES string of the molecule is N[C@@H](C[C@@H](O)c1ccc(O)c(F)c1)C(F)(F)F. The van der Waals surface area contributed by atoms with E-state index in [1.54, 1.807) is 0 Å². The van der Waals surface area contributed by atoms with Crippen LogP contribution in [0, 0.1) is 5.82 Å². The molecule has 0 heterocycles. The van der Waals surface area contributed by atoms with E-state index >= 15 is 0 Å². The van der Waals surface area contributed by atoms with Gasteiger partial charge in [0.2, 0.25) is 0 Å². The second kappa shape index (κ2) is 4.89. The molecule has 0 aliphatic heterocycles. The summed E-state index contributed by atoms with van der Waals surface area (Å²) in [6, 6.07) is 0.664. The molecule has 0 aliphatic rings. The van der Waals surface area contributed by atoms with E-state index in [0.717, 1.165) is 18.2 Å². The van der Waals surface area contributed by atoms with Crippen LogP contribution < -0.4 is 5.73 Å². The Balaban J connectivity index is 2.76. The zero-order valence-corrected chi connectivity index (χ0v) is 8.58. The molecule has 1 aromatic rings. The number of rotatable bonds is 3. The van der Waals surface area contributed by atoms with Crippen LogP contribution in [0.2, 0.25) is 0 Å². The number of aromatic hydroxyl groups is 1. The van der Waals surface area contributed by atoms with Crippen molar-refractivity contribution in [1.82, 2.24) is 0 Å². The van der Waals surface area contributed by atoms with Gasteiger partial charge in [0.25, 0.3) is 0 Å². The number of aliphatic hydroxyl groups excluding tert-OH is 1. The Hall–Kier alpha value is -1.34. The molecule has 0 radical (unpaired) electrons. The molecule has 0 aliphatic carbocycles. The van der Waals surface area contributed by atoms with Crippen molar-refractivity contribution in [3.8, 4) is 5.75 Å². The second-order valence-corrected chi connectivity index (χ2v) is 3.61. The van der Waals surface area contributed by atoms with Crippen molar-refractivity contribution in [2.45, 2.75) is 24.7 Å². The number of aliphatic hydroxyl groups is 1. The molecule has 0 saturated carbocycles. The van der Waals surface area contributed by atoms with Crippen LogP contribution in [0.25, 0.3) is 0 Å². The van der Waals surface area contributed by atoms with Crippen LogP contribution in [0.15, 0.2) is 18.2 Å². The van der Waals surface area contributed by atoms with Gasteiger partial charge in [0, 0.05) is 6.42 Å². The summed E-state index contributed by atoms with van der Waals surface area (Å²) in [4.78, 5) is 0. The normalized spacial score (nSPS) is 15.6. The van der Waals surface area contributed by atoms with Crippen LogP contribution in [0.4, 0.5) is 17.6 Å². The Labute approximate surface area is 94.5 Å². The van der Waals surface area contributed by atoms with Gasteiger partial charge in [-0.3, -0.25) is 0 Å². The van der Waals surface area contributed by atoms with Gasteiger partial charge in [-0.25, -0.2) is 4.39 Å². The Bertz CT molecular complexity index is 394. The molecule has 3 nitrogen and oxygen atoms in total. The molecule has 7 heteroatoms. The van der Waals surface area contributed by atoms with Crippen LogP contribution in [0.1, 0.15) is 18.1 Å². The standard InChI is InChI=1S/C10H11F4NO2/c11-6-3-5(1-2-7(6)16)8(17)4-9(15)10(12,13)14/h1-3,8-9,16-17H,4,15H2/t8-,9+/m1/s1. The third-order valence-electron chi connectivity index (χ3n) is 2.25. The van der Waals surface area contributed by atoms with E-state index in [1.165, 1.54) is 0 Å². The molecule has 0 spiro atoms. The molecule has 1 aromatic carbocycles. The van der Waals surface area contributed by atoms with Crippen LogP contribution in [-0.4, -0.2) is 22.4 Å². The fourth-order valence-electron chi connectivity index (χ4n) is 1.24. The van der Waals surface area contributed by atoms with Crippen molar-refractivity contribution < 1.29 is 27.8 Å². The van der Waals surface area contributed by atoms with Gasteiger partial charge >= 0.3 is 6.18 Å². The van der Waals surface area contributed by atoms with Crippen LogP contribution >= 0.6 is 0 Å². The maximum absolute atomic E-state index is 12.9. The van der Waals surface area contributed by atoms with Crippen molar-refractivity contribution in [1.29, 1.82) is 0 Å². The first-order valence-electron chi connectivity index (χ1n) is 4.70. The number of nitrogens with two attached hydrogens (primary N) is 1. The fraction of sp³-hybridized carbons (Fsp3) is 0.400. The summed E-state index contributed by atoms with van der Waals surface area (Å²) in [5.41, 5.74) is 4.76. The van der Waals surface area contributed by atoms with Gasteiger partial charge in [-0.1, -0.05) is 6.07 Å². The summed E-state index contributed by atoms with van der Waals surface area (Å²) in [6.07, 6.45) is -6.92. The highest BCUT2D eigenvalue weighted by molar-refractivity contribution is 5.29. The molecular formula is C10H11F4NO2. The van der Waals surface area contributed by atoms with Crippen LogP contribution in [0.5, 0.6) is 5.75 Å². The number of alkyl halides is 3. The highest BCUT2D eigenvalue weighted by atomic mass is 19.4. The maximum Gasteiger partial charge on any atom is 0.403 e. The first kappa shape index (κ1) is 13.7. The number of benzene rings is 1. The number of halogens is 4. The zero-order chi connectivity index (χ0) is 13.2. The summed E-state index contributed by atoms with van der Waals surface area (Å²) in [5, 5.41) is 18.3. The first-order valence-corrected chi connectivity index (χ1v) is 4.70. The van der Waals surface area contributed by atoms with E-state index in [-0.39, 0.29) is 5.56 Å². The van der Waals surface area contributed by atoms with Gasteiger partial charge in [0.15, 0.2) is 11.6 Å². The van der Waals surface area contributed by atoms with Crippen molar-refractivity contribution in [2.24, 2.45) is 5.73 Å². The second-order valence-electron chi connectivity index (χ2n) is 3.61. The van der Waals surface area contributed by atoms with Gasteiger partial charge in [0.05, 0.1) is 6.10 Å². The van der Waals surface area contributed by atoms with Gasteiger partial charge in [-0.15, -0.1) is 0 Å². The topological polar surface area (TPSA) is 66.5 Å². The first-order chi connectivity index (χ1) is 7.71. The smallest absolute Gasteiger partial charge is 0.403 e. The van der Waals surface area contributed by atoms with Crippen molar-refractivity contribution in [2.75, 3.05) is 0 Å². The Morgan fingerprint density at radius 3 is 2.35 bits per heavy atom. The summed E-state index contributed by atoms with van der Waals surface area (Å²) >= 11 is 0. The summed E-state index contributed by atoms with van der Waals surface area (Å²) in [5.74, 6) is -1.65. The number of phenols is 1. The predicted molar refractivity (Wildman–Crippen MR) is 51.7 cm³/mol. The minimum atomic E-state index is -4.61. The highest BCUT2D eigenvalue weighted by Gasteiger charge is 2.38. The van der Waals surface area contributed by atoms with Crippen molar-refractivity contribution >= 4 is 0 Å². The molecule has 1 rings (SSSR count). The lowest BCUT2D eigenvalue weighted by atomic mass is 10.0. The summed E-state index contributed by atoms with van der Waals surface area (Å²) < 4.78 is 49.3. The van der Waals surface area contributed by atoms with Crippen LogP contribution in [0.3, 0.4) is 0 Å². The largest absolute Gasteiger partial charge is 0.505 e. The van der Waals surface area contributed by atoms with E-state index in [1.807, 2.05) is 0 Å². The average Bonchev–Trinajstić information content (AvgIpc) is 2.20. The minimum Gasteiger partial charge on any atom is -0.505 e. The Kier molecular flexibility index (Phi) is 3.94. The Morgan fingerprint density at radius 2 is 1.88 bits per heavy atom. The van der Waals surface area contributed by atoms with Crippen molar-refractivity contribution in [3.63, 3.8) is 0 Å². The van der Waals surface area contributed by atoms with Crippen molar-refractivity contribution in [3.05, 3.63) is 29.6 Å². The molecule has 0 unspecified atom stereocenters. The summed E-state index contributed by atoms with van der Waals surface area (Å²) in [6.45, 7) is 0. The van der Waals surface area contributed by atoms with E-state index in [9.17, 15) is 22.7 Å². The van der Waals surface area contributed by atoms with Gasteiger partial charge in [-0.2, -0.15) is 13.2 Å². The molecule has 96 valence electrons. The van der Waals surface area contributed by atoms with E-state index < -0.39 is 36.3 Å². The minimum absolute atomic E-state index is 0.0694. The molecule has 0 bridgehead atoms. The number of hydrogen-bond donors (Lipinski definition) is 3.